The van der Waals surface area contributed by atoms with E-state index in [1.807, 2.05) is 45.0 Å². The van der Waals surface area contributed by atoms with Crippen molar-refractivity contribution in [2.45, 2.75) is 71.8 Å². The third-order valence-corrected chi connectivity index (χ3v) is 6.23. The minimum Gasteiger partial charge on any atom is -0.466 e. The van der Waals surface area contributed by atoms with E-state index in [2.05, 4.69) is 16.1 Å². The predicted octanol–water partition coefficient (Wildman–Crippen LogP) is 7.19. The van der Waals surface area contributed by atoms with Crippen molar-refractivity contribution >= 4 is 5.97 Å². The molecular formula is C28H34F3NO3. The van der Waals surface area contributed by atoms with Gasteiger partial charge in [0, 0.05) is 12.6 Å². The molecule has 0 aromatic heterocycles. The van der Waals surface area contributed by atoms with Crippen molar-refractivity contribution in [2.75, 3.05) is 6.61 Å². The van der Waals surface area contributed by atoms with Gasteiger partial charge in [-0.1, -0.05) is 48.0 Å². The Morgan fingerprint density at radius 1 is 1.00 bits per heavy atom. The van der Waals surface area contributed by atoms with Crippen LogP contribution in [0.2, 0.25) is 0 Å². The molecule has 0 fully saturated rings. The van der Waals surface area contributed by atoms with Crippen LogP contribution in [0.15, 0.2) is 60.2 Å². The summed E-state index contributed by atoms with van der Waals surface area (Å²) in [6.07, 6.45) is 2.34. The van der Waals surface area contributed by atoms with Gasteiger partial charge in [0.05, 0.1) is 12.0 Å². The topological polar surface area (TPSA) is 47.6 Å². The van der Waals surface area contributed by atoms with Crippen LogP contribution in [0.1, 0.15) is 58.4 Å². The Morgan fingerprint density at radius 2 is 1.63 bits per heavy atom. The Bertz CT molecular complexity index is 996. The van der Waals surface area contributed by atoms with Crippen LogP contribution in [0.4, 0.5) is 13.2 Å². The van der Waals surface area contributed by atoms with Gasteiger partial charge in [0.15, 0.2) is 0 Å². The number of benzene rings is 2. The van der Waals surface area contributed by atoms with Crippen molar-refractivity contribution in [3.05, 3.63) is 65.7 Å². The molecule has 0 saturated heterocycles. The lowest BCUT2D eigenvalue weighted by Gasteiger charge is -2.24. The molecule has 3 rings (SSSR count). The summed E-state index contributed by atoms with van der Waals surface area (Å²) in [6, 6.07) is 14.3. The first kappa shape index (κ1) is 26.8. The molecular weight excluding hydrogens is 455 g/mol. The number of hydrogen-bond acceptors (Lipinski definition) is 4. The highest BCUT2D eigenvalue weighted by molar-refractivity contribution is 5.76. The fraction of sp³-hybridized carbons (Fsp3) is 0.464. The monoisotopic (exact) mass is 489 g/mol. The van der Waals surface area contributed by atoms with Gasteiger partial charge in [-0.15, -0.1) is 13.2 Å². The maximum atomic E-state index is 12.3. The molecule has 7 heteroatoms. The van der Waals surface area contributed by atoms with Gasteiger partial charge >= 0.3 is 12.3 Å². The zero-order chi connectivity index (χ0) is 25.5. The van der Waals surface area contributed by atoms with Gasteiger partial charge in [-0.2, -0.15) is 0 Å². The van der Waals surface area contributed by atoms with Gasteiger partial charge in [0.2, 0.25) is 0 Å². The fourth-order valence-electron chi connectivity index (χ4n) is 4.35. The van der Waals surface area contributed by atoms with Crippen molar-refractivity contribution in [3.8, 4) is 16.9 Å². The molecule has 190 valence electrons. The Hall–Kier alpha value is -2.80. The SMILES string of the molecule is CCOC(=O)C(C)(C)CC1=CCCC(NCc2ccc(-c3ccc(OC(F)(F)F)cc3)cc2)CC1. The van der Waals surface area contributed by atoms with Gasteiger partial charge in [0.25, 0.3) is 0 Å². The Balaban J connectivity index is 1.48. The lowest BCUT2D eigenvalue weighted by molar-refractivity contribution is -0.274. The molecule has 0 aliphatic heterocycles. The molecule has 0 saturated carbocycles. The first-order chi connectivity index (χ1) is 16.6. The van der Waals surface area contributed by atoms with Gasteiger partial charge in [0.1, 0.15) is 5.75 Å². The van der Waals surface area contributed by atoms with E-state index in [1.165, 1.54) is 17.7 Å². The van der Waals surface area contributed by atoms with E-state index < -0.39 is 11.8 Å². The van der Waals surface area contributed by atoms with Crippen LogP contribution in [-0.4, -0.2) is 25.0 Å². The number of alkyl halides is 3. The van der Waals surface area contributed by atoms with Crippen LogP contribution in [-0.2, 0) is 16.1 Å². The highest BCUT2D eigenvalue weighted by atomic mass is 19.4. The average Bonchev–Trinajstić information content (AvgIpc) is 3.02. The largest absolute Gasteiger partial charge is 0.573 e. The summed E-state index contributed by atoms with van der Waals surface area (Å²) in [4.78, 5) is 12.2. The second-order valence-electron chi connectivity index (χ2n) is 9.61. The quantitative estimate of drug-likeness (QED) is 0.299. The van der Waals surface area contributed by atoms with Crippen molar-refractivity contribution in [1.29, 1.82) is 0 Å². The highest BCUT2D eigenvalue weighted by Crippen LogP contribution is 2.32. The number of hydrogen-bond donors (Lipinski definition) is 1. The summed E-state index contributed by atoms with van der Waals surface area (Å²) < 4.78 is 46.1. The number of carbonyl (C=O) groups is 1. The van der Waals surface area contributed by atoms with Gasteiger partial charge < -0.3 is 14.8 Å². The van der Waals surface area contributed by atoms with Crippen LogP contribution in [0.25, 0.3) is 11.1 Å². The number of esters is 1. The zero-order valence-corrected chi connectivity index (χ0v) is 20.6. The second-order valence-corrected chi connectivity index (χ2v) is 9.61. The van der Waals surface area contributed by atoms with Crippen molar-refractivity contribution < 1.29 is 27.4 Å². The molecule has 0 radical (unpaired) electrons. The molecule has 35 heavy (non-hydrogen) atoms. The summed E-state index contributed by atoms with van der Waals surface area (Å²) in [5.41, 5.74) is 3.71. The first-order valence-electron chi connectivity index (χ1n) is 12.1. The smallest absolute Gasteiger partial charge is 0.466 e. The van der Waals surface area contributed by atoms with Gasteiger partial charge in [-0.05, 0) is 81.7 Å². The molecule has 1 atom stereocenters. The summed E-state index contributed by atoms with van der Waals surface area (Å²) in [5, 5.41) is 3.64. The third-order valence-electron chi connectivity index (χ3n) is 6.23. The summed E-state index contributed by atoms with van der Waals surface area (Å²) in [7, 11) is 0. The Kier molecular flexibility index (Phi) is 9.00. The van der Waals surface area contributed by atoms with Crippen LogP contribution in [0.3, 0.4) is 0 Å². The molecule has 4 nitrogen and oxygen atoms in total. The van der Waals surface area contributed by atoms with Crippen molar-refractivity contribution in [2.24, 2.45) is 5.41 Å². The highest BCUT2D eigenvalue weighted by Gasteiger charge is 2.31. The Morgan fingerprint density at radius 3 is 2.23 bits per heavy atom. The summed E-state index contributed by atoms with van der Waals surface area (Å²) in [6.45, 7) is 6.86. The van der Waals surface area contributed by atoms with E-state index in [4.69, 9.17) is 4.74 Å². The molecule has 1 aliphatic rings. The number of halogens is 3. The van der Waals surface area contributed by atoms with Crippen molar-refractivity contribution in [1.82, 2.24) is 5.32 Å². The Labute approximate surface area is 205 Å². The van der Waals surface area contributed by atoms with E-state index in [0.29, 0.717) is 12.6 Å². The first-order valence-corrected chi connectivity index (χ1v) is 12.1. The lowest BCUT2D eigenvalue weighted by atomic mass is 9.84. The fourth-order valence-corrected chi connectivity index (χ4v) is 4.35. The average molecular weight is 490 g/mol. The number of ether oxygens (including phenoxy) is 2. The molecule has 0 heterocycles. The maximum absolute atomic E-state index is 12.3. The number of allylic oxidation sites excluding steroid dienone is 2. The van der Waals surface area contributed by atoms with E-state index >= 15 is 0 Å². The predicted molar refractivity (Wildman–Crippen MR) is 131 cm³/mol. The molecule has 0 spiro atoms. The molecule has 1 unspecified atom stereocenters. The minimum absolute atomic E-state index is 0.145. The van der Waals surface area contributed by atoms with Crippen LogP contribution in [0, 0.1) is 5.41 Å². The maximum Gasteiger partial charge on any atom is 0.573 e. The standard InChI is InChI=1S/C28H34F3NO3/c1-4-34-26(33)27(2,3)18-20-6-5-7-24(15-10-20)32-19-21-8-11-22(12-9-21)23-13-16-25(17-14-23)35-28(29,30)31/h6,8-9,11-14,16-17,24,32H,4-5,7,10,15,18-19H2,1-3H3. The molecule has 0 amide bonds. The second kappa shape index (κ2) is 11.8. The third kappa shape index (κ3) is 8.42. The van der Waals surface area contributed by atoms with Gasteiger partial charge in [-0.25, -0.2) is 0 Å². The molecule has 1 N–H and O–H groups in total. The molecule has 2 aromatic rings. The van der Waals surface area contributed by atoms with Crippen LogP contribution in [0.5, 0.6) is 5.75 Å². The zero-order valence-electron chi connectivity index (χ0n) is 20.6. The van der Waals surface area contributed by atoms with Crippen LogP contribution < -0.4 is 10.1 Å². The number of carbonyl (C=O) groups excluding carboxylic acids is 1. The number of nitrogens with one attached hydrogen (secondary N) is 1. The lowest BCUT2D eigenvalue weighted by Crippen LogP contribution is -2.28. The van der Waals surface area contributed by atoms with E-state index in [1.54, 1.807) is 12.1 Å². The molecule has 0 bridgehead atoms. The van der Waals surface area contributed by atoms with Crippen LogP contribution >= 0.6 is 0 Å². The molecule has 1 aliphatic carbocycles. The van der Waals surface area contributed by atoms with E-state index in [9.17, 15) is 18.0 Å². The number of rotatable bonds is 9. The summed E-state index contributed by atoms with van der Waals surface area (Å²) >= 11 is 0. The normalized spacial score (nSPS) is 16.9. The van der Waals surface area contributed by atoms with E-state index in [-0.39, 0.29) is 11.7 Å². The molecule has 2 aromatic carbocycles. The minimum atomic E-state index is -4.69. The van der Waals surface area contributed by atoms with Gasteiger partial charge in [-0.3, -0.25) is 4.79 Å². The van der Waals surface area contributed by atoms with E-state index in [0.717, 1.165) is 55.3 Å². The summed E-state index contributed by atoms with van der Waals surface area (Å²) in [5.74, 6) is -0.374. The van der Waals surface area contributed by atoms with Crippen molar-refractivity contribution in [3.63, 3.8) is 0 Å².